The fraction of sp³-hybridized carbons (Fsp3) is 0.296. The van der Waals surface area contributed by atoms with Crippen LogP contribution in [0, 0.1) is 0 Å². The van der Waals surface area contributed by atoms with E-state index < -0.39 is 0 Å². The minimum atomic E-state index is -0.371. The van der Waals surface area contributed by atoms with E-state index >= 15 is 0 Å². The molecule has 0 aliphatic carbocycles. The molecule has 1 heterocycles. The van der Waals surface area contributed by atoms with E-state index in [0.717, 1.165) is 32.7 Å². The van der Waals surface area contributed by atoms with Crippen LogP contribution in [0.5, 0.6) is 5.75 Å². The van der Waals surface area contributed by atoms with Crippen molar-refractivity contribution in [1.29, 1.82) is 0 Å². The van der Waals surface area contributed by atoms with Crippen LogP contribution in [0.15, 0.2) is 84.9 Å². The first-order valence-corrected chi connectivity index (χ1v) is 11.6. The molecule has 0 saturated carbocycles. The molecule has 5 nitrogen and oxygen atoms in total. The quantitative estimate of drug-likeness (QED) is 0.431. The Morgan fingerprint density at radius 3 is 2.15 bits per heavy atom. The second-order valence-corrected chi connectivity index (χ2v) is 8.69. The summed E-state index contributed by atoms with van der Waals surface area (Å²) in [6.45, 7) is 4.68. The van der Waals surface area contributed by atoms with Crippen molar-refractivity contribution in [3.63, 3.8) is 0 Å². The van der Waals surface area contributed by atoms with Crippen LogP contribution in [-0.2, 0) is 22.6 Å². The monoisotopic (exact) mass is 464 g/mol. The summed E-state index contributed by atoms with van der Waals surface area (Å²) in [7, 11) is 0. The third-order valence-corrected chi connectivity index (χ3v) is 6.03. The molecule has 0 bridgehead atoms. The number of rotatable bonds is 9. The van der Waals surface area contributed by atoms with Gasteiger partial charge in [0.2, 0.25) is 0 Å². The number of nitrogens with zero attached hydrogens (tertiary/aromatic N) is 2. The average molecular weight is 465 g/mol. The van der Waals surface area contributed by atoms with Gasteiger partial charge in [-0.3, -0.25) is 9.80 Å². The molecule has 1 aliphatic heterocycles. The van der Waals surface area contributed by atoms with Crippen LogP contribution < -0.4 is 4.74 Å². The molecule has 4 rings (SSSR count). The van der Waals surface area contributed by atoms with Crippen molar-refractivity contribution in [2.24, 2.45) is 0 Å². The fourth-order valence-corrected chi connectivity index (χ4v) is 4.16. The third-order valence-electron chi connectivity index (χ3n) is 5.77. The molecule has 0 N–H and O–H groups in total. The molecule has 0 spiro atoms. The summed E-state index contributed by atoms with van der Waals surface area (Å²) in [6.07, 6.45) is 0. The number of carbonyl (C=O) groups excluding carboxylic acids is 1. The van der Waals surface area contributed by atoms with Crippen molar-refractivity contribution in [3.8, 4) is 5.75 Å². The molecule has 1 saturated heterocycles. The number of hydrogen-bond donors (Lipinski definition) is 0. The molecule has 0 aromatic heterocycles. The van der Waals surface area contributed by atoms with E-state index in [0.29, 0.717) is 17.4 Å². The van der Waals surface area contributed by atoms with E-state index in [1.54, 1.807) is 24.3 Å². The normalized spacial score (nSPS) is 16.9. The number of ether oxygens (including phenoxy) is 2. The van der Waals surface area contributed by atoms with Gasteiger partial charge in [-0.1, -0.05) is 72.3 Å². The Morgan fingerprint density at radius 2 is 1.48 bits per heavy atom. The summed E-state index contributed by atoms with van der Waals surface area (Å²) in [5, 5.41) is 0.626. The highest BCUT2D eigenvalue weighted by Gasteiger charge is 2.28. The SMILES string of the molecule is O=C(COc1ccc(Cl)cc1)OCC1CN(Cc2ccccc2)CCN1Cc1ccccc1. The van der Waals surface area contributed by atoms with Gasteiger partial charge in [0.25, 0.3) is 0 Å². The first-order valence-electron chi connectivity index (χ1n) is 11.2. The van der Waals surface area contributed by atoms with Gasteiger partial charge in [0.05, 0.1) is 6.04 Å². The number of halogens is 1. The third kappa shape index (κ3) is 7.32. The van der Waals surface area contributed by atoms with E-state index in [2.05, 4.69) is 58.3 Å². The molecule has 33 heavy (non-hydrogen) atoms. The maximum Gasteiger partial charge on any atom is 0.344 e. The molecule has 1 atom stereocenters. The lowest BCUT2D eigenvalue weighted by Crippen LogP contribution is -2.54. The Balaban J connectivity index is 1.34. The Morgan fingerprint density at radius 1 is 0.848 bits per heavy atom. The van der Waals surface area contributed by atoms with Gasteiger partial charge in [-0.15, -0.1) is 0 Å². The van der Waals surface area contributed by atoms with Crippen molar-refractivity contribution in [1.82, 2.24) is 9.80 Å². The predicted molar refractivity (Wildman–Crippen MR) is 130 cm³/mol. The van der Waals surface area contributed by atoms with Crippen LogP contribution in [0.2, 0.25) is 5.02 Å². The highest BCUT2D eigenvalue weighted by atomic mass is 35.5. The standard InChI is InChI=1S/C27H29ClN2O3/c28-24-11-13-26(14-12-24)32-21-27(31)33-20-25-19-29(17-22-7-3-1-4-8-22)15-16-30(25)18-23-9-5-2-6-10-23/h1-14,25H,15-21H2. The van der Waals surface area contributed by atoms with Crippen LogP contribution in [-0.4, -0.2) is 54.7 Å². The second-order valence-electron chi connectivity index (χ2n) is 8.26. The largest absolute Gasteiger partial charge is 0.482 e. The van der Waals surface area contributed by atoms with Gasteiger partial charge in [0.15, 0.2) is 6.61 Å². The summed E-state index contributed by atoms with van der Waals surface area (Å²) in [5.41, 5.74) is 2.55. The Kier molecular flexibility index (Phi) is 8.36. The predicted octanol–water partition coefficient (Wildman–Crippen LogP) is 4.65. The van der Waals surface area contributed by atoms with Gasteiger partial charge in [-0.05, 0) is 35.4 Å². The summed E-state index contributed by atoms with van der Waals surface area (Å²) >= 11 is 5.89. The number of carbonyl (C=O) groups is 1. The maximum absolute atomic E-state index is 12.4. The highest BCUT2D eigenvalue weighted by Crippen LogP contribution is 2.18. The van der Waals surface area contributed by atoms with Gasteiger partial charge in [0, 0.05) is 37.7 Å². The Labute approximate surface area is 200 Å². The van der Waals surface area contributed by atoms with Crippen LogP contribution in [0.3, 0.4) is 0 Å². The fourth-order valence-electron chi connectivity index (χ4n) is 4.03. The van der Waals surface area contributed by atoms with Gasteiger partial charge in [0.1, 0.15) is 12.4 Å². The van der Waals surface area contributed by atoms with Crippen molar-refractivity contribution in [2.45, 2.75) is 19.1 Å². The summed E-state index contributed by atoms with van der Waals surface area (Å²) in [4.78, 5) is 17.2. The van der Waals surface area contributed by atoms with E-state index in [9.17, 15) is 4.79 Å². The van der Waals surface area contributed by atoms with Crippen molar-refractivity contribution in [2.75, 3.05) is 32.8 Å². The molecular formula is C27H29ClN2O3. The summed E-state index contributed by atoms with van der Waals surface area (Å²) < 4.78 is 11.2. The van der Waals surface area contributed by atoms with Gasteiger partial charge in [-0.25, -0.2) is 4.79 Å². The molecule has 0 radical (unpaired) electrons. The van der Waals surface area contributed by atoms with Gasteiger partial charge >= 0.3 is 5.97 Å². The topological polar surface area (TPSA) is 42.0 Å². The molecular weight excluding hydrogens is 436 g/mol. The number of hydrogen-bond acceptors (Lipinski definition) is 5. The van der Waals surface area contributed by atoms with Crippen molar-refractivity contribution >= 4 is 17.6 Å². The van der Waals surface area contributed by atoms with E-state index in [1.165, 1.54) is 11.1 Å². The molecule has 172 valence electrons. The Bertz CT molecular complexity index is 999. The zero-order valence-corrected chi connectivity index (χ0v) is 19.4. The smallest absolute Gasteiger partial charge is 0.344 e. The Hall–Kier alpha value is -2.86. The molecule has 3 aromatic rings. The molecule has 1 unspecified atom stereocenters. The summed E-state index contributed by atoms with van der Waals surface area (Å²) in [5.74, 6) is 0.221. The van der Waals surface area contributed by atoms with Crippen molar-refractivity contribution < 1.29 is 14.3 Å². The number of benzene rings is 3. The average Bonchev–Trinajstić information content (AvgIpc) is 2.85. The van der Waals surface area contributed by atoms with Crippen LogP contribution in [0.25, 0.3) is 0 Å². The van der Waals surface area contributed by atoms with E-state index in [4.69, 9.17) is 21.1 Å². The molecule has 3 aromatic carbocycles. The molecule has 1 aliphatic rings. The lowest BCUT2D eigenvalue weighted by molar-refractivity contribution is -0.148. The van der Waals surface area contributed by atoms with Crippen LogP contribution in [0.1, 0.15) is 11.1 Å². The lowest BCUT2D eigenvalue weighted by atomic mass is 10.1. The van der Waals surface area contributed by atoms with Gasteiger partial charge < -0.3 is 9.47 Å². The second kappa shape index (κ2) is 11.8. The van der Waals surface area contributed by atoms with E-state index in [1.807, 2.05) is 12.1 Å². The van der Waals surface area contributed by atoms with Crippen LogP contribution in [0.4, 0.5) is 0 Å². The minimum absolute atomic E-state index is 0.113. The highest BCUT2D eigenvalue weighted by molar-refractivity contribution is 6.30. The minimum Gasteiger partial charge on any atom is -0.482 e. The van der Waals surface area contributed by atoms with Gasteiger partial charge in [-0.2, -0.15) is 0 Å². The zero-order chi connectivity index (χ0) is 22.9. The molecule has 6 heteroatoms. The van der Waals surface area contributed by atoms with E-state index in [-0.39, 0.29) is 18.6 Å². The first kappa shape index (κ1) is 23.3. The lowest BCUT2D eigenvalue weighted by Gasteiger charge is -2.41. The first-order chi connectivity index (χ1) is 16.2. The van der Waals surface area contributed by atoms with Crippen LogP contribution >= 0.6 is 11.6 Å². The molecule has 0 amide bonds. The zero-order valence-electron chi connectivity index (χ0n) is 18.6. The summed E-state index contributed by atoms with van der Waals surface area (Å²) in [6, 6.07) is 28.0. The van der Waals surface area contributed by atoms with Crippen molar-refractivity contribution in [3.05, 3.63) is 101 Å². The number of piperazine rings is 1. The molecule has 1 fully saturated rings. The number of esters is 1. The maximum atomic E-state index is 12.4.